The molecule has 0 N–H and O–H groups in total. The van der Waals surface area contributed by atoms with E-state index in [1.165, 1.54) is 6.92 Å². The predicted octanol–water partition coefficient (Wildman–Crippen LogP) is 2.07. The monoisotopic (exact) mass is 214 g/mol. The van der Waals surface area contributed by atoms with Gasteiger partial charge in [0.05, 0.1) is 5.69 Å². The van der Waals surface area contributed by atoms with E-state index < -0.39 is 0 Å². The van der Waals surface area contributed by atoms with Crippen LogP contribution in [-0.2, 0) is 4.79 Å². The Kier molecular flexibility index (Phi) is 2.91. The molecular weight excluding hydrogens is 204 g/mol. The zero-order valence-electron chi connectivity index (χ0n) is 8.75. The molecule has 16 heavy (non-hydrogen) atoms. The first-order valence-corrected chi connectivity index (χ1v) is 4.83. The van der Waals surface area contributed by atoms with Gasteiger partial charge in [0.2, 0.25) is 0 Å². The minimum absolute atomic E-state index is 0.351. The molecule has 0 aliphatic rings. The zero-order valence-corrected chi connectivity index (χ0v) is 8.75. The molecule has 0 aliphatic carbocycles. The Hall–Kier alpha value is -2.23. The van der Waals surface area contributed by atoms with Gasteiger partial charge in [-0.05, 0) is 24.3 Å². The zero-order chi connectivity index (χ0) is 11.4. The number of benzene rings is 1. The van der Waals surface area contributed by atoms with Gasteiger partial charge in [-0.3, -0.25) is 4.79 Å². The number of nitrogens with zero attached hydrogens (tertiary/aromatic N) is 2. The maximum Gasteiger partial charge on any atom is 0.308 e. The third kappa shape index (κ3) is 2.23. The summed E-state index contributed by atoms with van der Waals surface area (Å²) in [7, 11) is 0. The van der Waals surface area contributed by atoms with E-state index in [2.05, 4.69) is 10.2 Å². The van der Waals surface area contributed by atoms with Crippen molar-refractivity contribution in [2.75, 3.05) is 0 Å². The molecule has 0 atom stereocenters. The number of carbonyl (C=O) groups is 1. The minimum atomic E-state index is -0.351. The highest BCUT2D eigenvalue weighted by Crippen LogP contribution is 2.27. The lowest BCUT2D eigenvalue weighted by molar-refractivity contribution is -0.131. The molecule has 4 nitrogen and oxygen atoms in total. The van der Waals surface area contributed by atoms with Gasteiger partial charge in [-0.25, -0.2) is 0 Å². The van der Waals surface area contributed by atoms with Crippen molar-refractivity contribution < 1.29 is 9.53 Å². The molecule has 0 unspecified atom stereocenters. The topological polar surface area (TPSA) is 52.1 Å². The molecule has 1 heterocycles. The van der Waals surface area contributed by atoms with Crippen LogP contribution in [0.4, 0.5) is 0 Å². The number of rotatable bonds is 2. The predicted molar refractivity (Wildman–Crippen MR) is 58.8 cm³/mol. The maximum atomic E-state index is 10.9. The first-order chi connectivity index (χ1) is 7.77. The molecule has 80 valence electrons. The van der Waals surface area contributed by atoms with E-state index in [9.17, 15) is 4.79 Å². The highest BCUT2D eigenvalue weighted by Gasteiger charge is 2.08. The Morgan fingerprint density at radius 3 is 2.69 bits per heavy atom. The van der Waals surface area contributed by atoms with E-state index in [0.29, 0.717) is 11.4 Å². The van der Waals surface area contributed by atoms with Crippen molar-refractivity contribution in [3.8, 4) is 17.0 Å². The number of hydrogen-bond acceptors (Lipinski definition) is 4. The number of hydrogen-bond donors (Lipinski definition) is 0. The number of esters is 1. The third-order valence-electron chi connectivity index (χ3n) is 1.99. The fourth-order valence-electron chi connectivity index (χ4n) is 1.37. The normalized spacial score (nSPS) is 9.81. The maximum absolute atomic E-state index is 10.9. The molecule has 0 amide bonds. The molecule has 1 aromatic heterocycles. The molecule has 4 heteroatoms. The molecule has 0 aliphatic heterocycles. The van der Waals surface area contributed by atoms with E-state index >= 15 is 0 Å². The molecule has 0 radical (unpaired) electrons. The van der Waals surface area contributed by atoms with Gasteiger partial charge in [-0.15, -0.1) is 0 Å². The fourth-order valence-corrected chi connectivity index (χ4v) is 1.37. The molecule has 0 bridgehead atoms. The molecule has 0 spiro atoms. The summed E-state index contributed by atoms with van der Waals surface area (Å²) in [6.07, 6.45) is 1.60. The van der Waals surface area contributed by atoms with Gasteiger partial charge < -0.3 is 4.74 Å². The number of ether oxygens (including phenoxy) is 1. The Morgan fingerprint density at radius 1 is 1.19 bits per heavy atom. The molecule has 0 saturated heterocycles. The van der Waals surface area contributed by atoms with Gasteiger partial charge in [0.1, 0.15) is 5.75 Å². The molecule has 2 rings (SSSR count). The first-order valence-electron chi connectivity index (χ1n) is 4.83. The summed E-state index contributed by atoms with van der Waals surface area (Å²) in [5, 5.41) is 7.77. The lowest BCUT2D eigenvalue weighted by Gasteiger charge is -2.06. The van der Waals surface area contributed by atoms with Gasteiger partial charge in [0.25, 0.3) is 0 Å². The summed E-state index contributed by atoms with van der Waals surface area (Å²) in [5.41, 5.74) is 1.44. The summed E-state index contributed by atoms with van der Waals surface area (Å²) < 4.78 is 5.09. The van der Waals surface area contributed by atoms with Crippen LogP contribution in [-0.4, -0.2) is 16.2 Å². The first kappa shape index (κ1) is 10.3. The van der Waals surface area contributed by atoms with Gasteiger partial charge in [-0.1, -0.05) is 12.1 Å². The van der Waals surface area contributed by atoms with Crippen molar-refractivity contribution in [1.29, 1.82) is 0 Å². The summed E-state index contributed by atoms with van der Waals surface area (Å²) in [4.78, 5) is 10.9. The van der Waals surface area contributed by atoms with Crippen molar-refractivity contribution in [2.45, 2.75) is 6.92 Å². The molecule has 0 saturated carbocycles. The smallest absolute Gasteiger partial charge is 0.308 e. The van der Waals surface area contributed by atoms with Crippen molar-refractivity contribution in [3.63, 3.8) is 0 Å². The van der Waals surface area contributed by atoms with Crippen LogP contribution in [0, 0.1) is 0 Å². The Morgan fingerprint density at radius 2 is 2.00 bits per heavy atom. The third-order valence-corrected chi connectivity index (χ3v) is 1.99. The lowest BCUT2D eigenvalue weighted by Crippen LogP contribution is -2.02. The van der Waals surface area contributed by atoms with Crippen molar-refractivity contribution in [3.05, 3.63) is 42.6 Å². The van der Waals surface area contributed by atoms with E-state index in [-0.39, 0.29) is 5.97 Å². The highest BCUT2D eigenvalue weighted by atomic mass is 16.5. The van der Waals surface area contributed by atoms with Gasteiger partial charge in [0.15, 0.2) is 0 Å². The summed E-state index contributed by atoms with van der Waals surface area (Å²) in [6, 6.07) is 10.8. The second kappa shape index (κ2) is 4.53. The SMILES string of the molecule is CC(=O)Oc1ccccc1-c1cccnn1. The number of carbonyl (C=O) groups excluding carboxylic acids is 1. The van der Waals surface area contributed by atoms with Gasteiger partial charge in [-0.2, -0.15) is 10.2 Å². The van der Waals surface area contributed by atoms with Crippen molar-refractivity contribution in [2.24, 2.45) is 0 Å². The van der Waals surface area contributed by atoms with Crippen molar-refractivity contribution >= 4 is 5.97 Å². The second-order valence-electron chi connectivity index (χ2n) is 3.20. The molecule has 1 aromatic carbocycles. The summed E-state index contributed by atoms with van der Waals surface area (Å²) in [6.45, 7) is 1.37. The molecule has 2 aromatic rings. The average Bonchev–Trinajstić information content (AvgIpc) is 2.30. The average molecular weight is 214 g/mol. The van der Waals surface area contributed by atoms with Crippen LogP contribution in [0.5, 0.6) is 5.75 Å². The van der Waals surface area contributed by atoms with E-state index in [1.807, 2.05) is 18.2 Å². The minimum Gasteiger partial charge on any atom is -0.426 e. The Balaban J connectivity index is 2.44. The lowest BCUT2D eigenvalue weighted by atomic mass is 10.1. The Bertz CT molecular complexity index is 497. The standard InChI is InChI=1S/C12H10N2O2/c1-9(15)16-12-7-3-2-5-10(12)11-6-4-8-13-14-11/h2-8H,1H3. The van der Waals surface area contributed by atoms with Crippen LogP contribution in [0.1, 0.15) is 6.92 Å². The highest BCUT2D eigenvalue weighted by molar-refractivity contribution is 5.75. The van der Waals surface area contributed by atoms with E-state index in [1.54, 1.807) is 24.4 Å². The van der Waals surface area contributed by atoms with Gasteiger partial charge in [0, 0.05) is 18.7 Å². The van der Waals surface area contributed by atoms with Crippen LogP contribution in [0.15, 0.2) is 42.6 Å². The summed E-state index contributed by atoms with van der Waals surface area (Å²) in [5.74, 6) is 0.145. The molecular formula is C12H10N2O2. The van der Waals surface area contributed by atoms with Crippen LogP contribution < -0.4 is 4.74 Å². The van der Waals surface area contributed by atoms with Crippen molar-refractivity contribution in [1.82, 2.24) is 10.2 Å². The van der Waals surface area contributed by atoms with Gasteiger partial charge >= 0.3 is 5.97 Å². The van der Waals surface area contributed by atoms with E-state index in [4.69, 9.17) is 4.74 Å². The van der Waals surface area contributed by atoms with Crippen LogP contribution in [0.2, 0.25) is 0 Å². The summed E-state index contributed by atoms with van der Waals surface area (Å²) >= 11 is 0. The second-order valence-corrected chi connectivity index (χ2v) is 3.20. The van der Waals surface area contributed by atoms with Crippen LogP contribution >= 0.6 is 0 Å². The Labute approximate surface area is 92.9 Å². The largest absolute Gasteiger partial charge is 0.426 e. The quantitative estimate of drug-likeness (QED) is 0.567. The number of aromatic nitrogens is 2. The van der Waals surface area contributed by atoms with Crippen LogP contribution in [0.3, 0.4) is 0 Å². The number of para-hydroxylation sites is 1. The molecule has 0 fully saturated rings. The van der Waals surface area contributed by atoms with E-state index in [0.717, 1.165) is 5.56 Å². The fraction of sp³-hybridized carbons (Fsp3) is 0.0833. The van der Waals surface area contributed by atoms with Crippen LogP contribution in [0.25, 0.3) is 11.3 Å².